The minimum atomic E-state index is -0.959. The van der Waals surface area contributed by atoms with E-state index in [2.05, 4.69) is 5.32 Å². The molecule has 0 atom stereocenters. The maximum absolute atomic E-state index is 12.7. The number of thioether (sulfide) groups is 1. The molecule has 1 aliphatic heterocycles. The summed E-state index contributed by atoms with van der Waals surface area (Å²) in [6.07, 6.45) is 2.37. The summed E-state index contributed by atoms with van der Waals surface area (Å²) in [7, 11) is 0. The summed E-state index contributed by atoms with van der Waals surface area (Å²) in [5.41, 5.74) is 3.15. The Balaban J connectivity index is 1.54. The van der Waals surface area contributed by atoms with Crippen molar-refractivity contribution in [3.05, 3.63) is 65.1 Å². The van der Waals surface area contributed by atoms with Crippen molar-refractivity contribution in [2.24, 2.45) is 0 Å². The normalized spacial score (nSPS) is 14.8. The third kappa shape index (κ3) is 6.50. The monoisotopic (exact) mass is 454 g/mol. The van der Waals surface area contributed by atoms with Gasteiger partial charge in [-0.2, -0.15) is 0 Å². The van der Waals surface area contributed by atoms with Crippen LogP contribution in [0.3, 0.4) is 0 Å². The summed E-state index contributed by atoms with van der Waals surface area (Å²) >= 11 is 6.59. The van der Waals surface area contributed by atoms with Gasteiger partial charge in [-0.1, -0.05) is 78.6 Å². The molecule has 0 saturated carbocycles. The Morgan fingerprint density at radius 2 is 1.71 bits per heavy atom. The van der Waals surface area contributed by atoms with Crippen LogP contribution in [0.25, 0.3) is 17.2 Å². The van der Waals surface area contributed by atoms with Gasteiger partial charge in [-0.15, -0.1) is 0 Å². The molecule has 0 unspecified atom stereocenters. The van der Waals surface area contributed by atoms with Crippen LogP contribution < -0.4 is 5.32 Å². The van der Waals surface area contributed by atoms with E-state index in [0.29, 0.717) is 22.2 Å². The predicted molar refractivity (Wildman–Crippen MR) is 126 cm³/mol. The topological polar surface area (TPSA) is 86.7 Å². The van der Waals surface area contributed by atoms with Crippen LogP contribution in [-0.2, 0) is 14.4 Å². The number of hydrogen-bond acceptors (Lipinski definition) is 5. The van der Waals surface area contributed by atoms with E-state index in [9.17, 15) is 14.4 Å². The van der Waals surface area contributed by atoms with Crippen LogP contribution in [0.1, 0.15) is 24.8 Å². The molecule has 1 saturated heterocycles. The predicted octanol–water partition coefficient (Wildman–Crippen LogP) is 3.93. The Labute approximate surface area is 190 Å². The maximum atomic E-state index is 12.7. The Bertz CT molecular complexity index is 1000. The van der Waals surface area contributed by atoms with E-state index in [4.69, 9.17) is 17.3 Å². The quantitative estimate of drug-likeness (QED) is 0.441. The van der Waals surface area contributed by atoms with Gasteiger partial charge >= 0.3 is 5.97 Å². The third-order valence-corrected chi connectivity index (χ3v) is 6.01. The number of carboxylic acids is 1. The number of hydrogen-bond donors (Lipinski definition) is 2. The van der Waals surface area contributed by atoms with E-state index >= 15 is 0 Å². The largest absolute Gasteiger partial charge is 0.481 e. The van der Waals surface area contributed by atoms with Crippen LogP contribution >= 0.6 is 24.0 Å². The van der Waals surface area contributed by atoms with E-state index in [1.165, 1.54) is 16.7 Å². The van der Waals surface area contributed by atoms with Crippen molar-refractivity contribution in [1.82, 2.24) is 10.2 Å². The molecule has 0 bridgehead atoms. The van der Waals surface area contributed by atoms with Crippen LogP contribution in [-0.4, -0.2) is 45.2 Å². The molecular weight excluding hydrogens is 432 g/mol. The number of thiocarbonyl (C=S) groups is 1. The van der Waals surface area contributed by atoms with Gasteiger partial charge < -0.3 is 10.4 Å². The highest BCUT2D eigenvalue weighted by molar-refractivity contribution is 8.26. The first kappa shape index (κ1) is 22.7. The zero-order chi connectivity index (χ0) is 22.2. The minimum Gasteiger partial charge on any atom is -0.481 e. The highest BCUT2D eigenvalue weighted by atomic mass is 32.2. The average Bonchev–Trinajstić information content (AvgIpc) is 3.02. The number of nitrogens with one attached hydrogen (secondary N) is 1. The molecule has 3 rings (SSSR count). The van der Waals surface area contributed by atoms with Gasteiger partial charge in [0.1, 0.15) is 4.32 Å². The first-order valence-electron chi connectivity index (χ1n) is 9.83. The van der Waals surface area contributed by atoms with Gasteiger partial charge in [0, 0.05) is 19.5 Å². The lowest BCUT2D eigenvalue weighted by atomic mass is 10.0. The second-order valence-electron chi connectivity index (χ2n) is 6.92. The van der Waals surface area contributed by atoms with Gasteiger partial charge in [-0.3, -0.25) is 19.3 Å². The molecule has 2 amide bonds. The molecule has 1 fully saturated rings. The molecular formula is C23H22N2O4S2. The summed E-state index contributed by atoms with van der Waals surface area (Å²) in [6.45, 7) is 0.447. The van der Waals surface area contributed by atoms with Gasteiger partial charge in [0.25, 0.3) is 5.91 Å². The van der Waals surface area contributed by atoms with Crippen molar-refractivity contribution >= 4 is 52.2 Å². The molecule has 2 aromatic carbocycles. The zero-order valence-corrected chi connectivity index (χ0v) is 18.4. The highest BCUT2D eigenvalue weighted by Crippen LogP contribution is 2.33. The fourth-order valence-electron chi connectivity index (χ4n) is 3.04. The van der Waals surface area contributed by atoms with Crippen LogP contribution in [0.15, 0.2) is 59.5 Å². The third-order valence-electron chi connectivity index (χ3n) is 4.64. The van der Waals surface area contributed by atoms with E-state index in [1.54, 1.807) is 0 Å². The summed E-state index contributed by atoms with van der Waals surface area (Å²) in [5, 5.41) is 11.1. The molecule has 8 heteroatoms. The number of rotatable bonds is 9. The van der Waals surface area contributed by atoms with Crippen molar-refractivity contribution in [1.29, 1.82) is 0 Å². The lowest BCUT2D eigenvalue weighted by Crippen LogP contribution is -2.31. The van der Waals surface area contributed by atoms with Gasteiger partial charge in [-0.05, 0) is 29.2 Å². The van der Waals surface area contributed by atoms with E-state index < -0.39 is 5.97 Å². The summed E-state index contributed by atoms with van der Waals surface area (Å²) < 4.78 is 0.475. The maximum Gasteiger partial charge on any atom is 0.305 e. The fraction of sp³-hybridized carbons (Fsp3) is 0.217. The Morgan fingerprint density at radius 3 is 2.39 bits per heavy atom. The smallest absolute Gasteiger partial charge is 0.305 e. The number of nitrogens with zero attached hydrogens (tertiary/aromatic N) is 1. The molecule has 2 aromatic rings. The van der Waals surface area contributed by atoms with Crippen molar-refractivity contribution in [3.63, 3.8) is 0 Å². The van der Waals surface area contributed by atoms with E-state index in [-0.39, 0.29) is 31.2 Å². The molecule has 0 spiro atoms. The number of aliphatic carboxylic acids is 1. The first-order valence-corrected chi connectivity index (χ1v) is 11.1. The molecule has 0 aliphatic carbocycles. The Kier molecular flexibility index (Phi) is 7.97. The van der Waals surface area contributed by atoms with Crippen LogP contribution in [0.2, 0.25) is 0 Å². The standard InChI is InChI=1S/C23H22N2O4S2/c26-20(24-13-12-21(27)28)7-4-14-25-22(29)19(31-23(25)30)15-16-8-10-18(11-9-16)17-5-2-1-3-6-17/h1-3,5-6,8-11,15H,4,7,12-14H2,(H,24,26)(H,27,28)/b19-15-. The van der Waals surface area contributed by atoms with Crippen LogP contribution in [0.5, 0.6) is 0 Å². The molecule has 31 heavy (non-hydrogen) atoms. The van der Waals surface area contributed by atoms with Crippen LogP contribution in [0, 0.1) is 0 Å². The van der Waals surface area contributed by atoms with Gasteiger partial charge in [0.05, 0.1) is 11.3 Å². The molecule has 0 radical (unpaired) electrons. The van der Waals surface area contributed by atoms with Gasteiger partial charge in [-0.25, -0.2) is 0 Å². The first-order chi connectivity index (χ1) is 14.9. The Morgan fingerprint density at radius 1 is 1.03 bits per heavy atom. The van der Waals surface area contributed by atoms with E-state index in [0.717, 1.165) is 16.7 Å². The minimum absolute atomic E-state index is 0.0982. The number of carbonyl (C=O) groups excluding carboxylic acids is 2. The average molecular weight is 455 g/mol. The number of benzene rings is 2. The highest BCUT2D eigenvalue weighted by Gasteiger charge is 2.31. The molecule has 1 aliphatic rings. The Hall–Kier alpha value is -2.97. The van der Waals surface area contributed by atoms with Crippen LogP contribution in [0.4, 0.5) is 0 Å². The SMILES string of the molecule is O=C(O)CCNC(=O)CCCN1C(=O)/C(=C/c2ccc(-c3ccccc3)cc2)SC1=S. The fourth-order valence-corrected chi connectivity index (χ4v) is 4.35. The van der Waals surface area contributed by atoms with Crippen molar-refractivity contribution < 1.29 is 19.5 Å². The van der Waals surface area contributed by atoms with Crippen molar-refractivity contribution in [2.45, 2.75) is 19.3 Å². The zero-order valence-electron chi connectivity index (χ0n) is 16.7. The number of amides is 2. The van der Waals surface area contributed by atoms with Crippen molar-refractivity contribution in [3.8, 4) is 11.1 Å². The summed E-state index contributed by atoms with van der Waals surface area (Å²) in [4.78, 5) is 37.0. The van der Waals surface area contributed by atoms with Gasteiger partial charge in [0.15, 0.2) is 0 Å². The second-order valence-corrected chi connectivity index (χ2v) is 8.59. The molecule has 0 aromatic heterocycles. The second kappa shape index (κ2) is 10.9. The number of carboxylic acid groups (broad SMARTS) is 1. The molecule has 2 N–H and O–H groups in total. The lowest BCUT2D eigenvalue weighted by Gasteiger charge is -2.14. The summed E-state index contributed by atoms with van der Waals surface area (Å²) in [5.74, 6) is -1.35. The molecule has 6 nitrogen and oxygen atoms in total. The molecule has 160 valence electrons. The molecule has 1 heterocycles. The lowest BCUT2D eigenvalue weighted by molar-refractivity contribution is -0.137. The van der Waals surface area contributed by atoms with Gasteiger partial charge in [0.2, 0.25) is 5.91 Å². The van der Waals surface area contributed by atoms with E-state index in [1.807, 2.05) is 60.7 Å². The van der Waals surface area contributed by atoms with Crippen molar-refractivity contribution in [2.75, 3.05) is 13.1 Å². The summed E-state index contributed by atoms with van der Waals surface area (Å²) in [6, 6.07) is 18.0. The number of carbonyl (C=O) groups is 3.